The third kappa shape index (κ3) is 5.23. The molecule has 0 bridgehead atoms. The molecule has 0 aromatic heterocycles. The highest BCUT2D eigenvalue weighted by molar-refractivity contribution is 5.99. The summed E-state index contributed by atoms with van der Waals surface area (Å²) in [6, 6.07) is 51.7. The van der Waals surface area contributed by atoms with Crippen molar-refractivity contribution in [3.05, 3.63) is 169 Å². The van der Waals surface area contributed by atoms with Crippen molar-refractivity contribution in [2.24, 2.45) is 0 Å². The van der Waals surface area contributed by atoms with Crippen molar-refractivity contribution in [1.29, 1.82) is 0 Å². The van der Waals surface area contributed by atoms with E-state index in [-0.39, 0.29) is 0 Å². The zero-order chi connectivity index (χ0) is 28.9. The van der Waals surface area contributed by atoms with Crippen LogP contribution in [0.4, 0.5) is 22.7 Å². The molecule has 0 saturated carbocycles. The quantitative estimate of drug-likeness (QED) is 0.198. The first kappa shape index (κ1) is 26.9. The molecule has 0 aliphatic rings. The Balaban J connectivity index is 1.34. The standard InChI is InChI=1S/C40H34N2/c1-4-30-14-9-11-19-37(30)39(5-2)41(3)34-26-22-31(23-27-34)32-24-28-36(29-25-32)42(35-17-7-6-8-18-35)40-21-13-16-33-15-10-12-20-38(33)40/h4-29H,2H2,1,3H3/b30-4-,39-37+. The van der Waals surface area contributed by atoms with Gasteiger partial charge in [-0.3, -0.25) is 0 Å². The van der Waals surface area contributed by atoms with Crippen LogP contribution in [0, 0.1) is 0 Å². The summed E-state index contributed by atoms with van der Waals surface area (Å²) in [7, 11) is 2.10. The van der Waals surface area contributed by atoms with E-state index in [1.165, 1.54) is 32.3 Å². The van der Waals surface area contributed by atoms with Gasteiger partial charge >= 0.3 is 0 Å². The van der Waals surface area contributed by atoms with Crippen molar-refractivity contribution in [2.45, 2.75) is 6.92 Å². The van der Waals surface area contributed by atoms with Crippen molar-refractivity contribution in [1.82, 2.24) is 0 Å². The van der Waals surface area contributed by atoms with E-state index in [2.05, 4.69) is 182 Å². The van der Waals surface area contributed by atoms with E-state index < -0.39 is 0 Å². The van der Waals surface area contributed by atoms with Gasteiger partial charge < -0.3 is 9.80 Å². The summed E-state index contributed by atoms with van der Waals surface area (Å²) >= 11 is 0. The number of hydrogen-bond acceptors (Lipinski definition) is 2. The maximum Gasteiger partial charge on any atom is 0.0540 e. The number of para-hydroxylation sites is 1. The smallest absolute Gasteiger partial charge is 0.0540 e. The van der Waals surface area contributed by atoms with E-state index in [0.29, 0.717) is 0 Å². The Morgan fingerprint density at radius 3 is 1.83 bits per heavy atom. The molecule has 0 aliphatic heterocycles. The molecule has 0 aliphatic carbocycles. The van der Waals surface area contributed by atoms with Gasteiger partial charge in [0, 0.05) is 40.4 Å². The molecule has 0 saturated heterocycles. The average molecular weight is 543 g/mol. The Hall–Kier alpha value is -5.34. The molecule has 0 radical (unpaired) electrons. The first-order valence-electron chi connectivity index (χ1n) is 14.3. The molecule has 2 nitrogen and oxygen atoms in total. The van der Waals surface area contributed by atoms with Gasteiger partial charge in [0.2, 0.25) is 0 Å². The van der Waals surface area contributed by atoms with Crippen molar-refractivity contribution in [3.63, 3.8) is 0 Å². The lowest BCUT2D eigenvalue weighted by Crippen LogP contribution is -2.31. The highest BCUT2D eigenvalue weighted by Gasteiger charge is 2.15. The summed E-state index contributed by atoms with van der Waals surface area (Å²) in [4.78, 5) is 4.53. The minimum absolute atomic E-state index is 1.08. The molecular weight excluding hydrogens is 508 g/mol. The molecule has 6 rings (SSSR count). The summed E-state index contributed by atoms with van der Waals surface area (Å²) in [5.41, 5.74) is 7.96. The van der Waals surface area contributed by atoms with Crippen LogP contribution < -0.4 is 20.2 Å². The van der Waals surface area contributed by atoms with E-state index in [4.69, 9.17) is 0 Å². The highest BCUT2D eigenvalue weighted by atomic mass is 15.1. The zero-order valence-corrected chi connectivity index (χ0v) is 24.1. The van der Waals surface area contributed by atoms with Crippen LogP contribution in [0.25, 0.3) is 33.7 Å². The van der Waals surface area contributed by atoms with Crippen LogP contribution in [-0.2, 0) is 0 Å². The van der Waals surface area contributed by atoms with Crippen molar-refractivity contribution in [3.8, 4) is 11.1 Å². The number of rotatable bonds is 7. The summed E-state index contributed by atoms with van der Waals surface area (Å²) in [6.07, 6.45) is 4.07. The second-order valence-electron chi connectivity index (χ2n) is 10.3. The second-order valence-corrected chi connectivity index (χ2v) is 10.3. The topological polar surface area (TPSA) is 6.48 Å². The fourth-order valence-electron chi connectivity index (χ4n) is 5.64. The molecule has 0 N–H and O–H groups in total. The molecule has 204 valence electrons. The third-order valence-corrected chi connectivity index (χ3v) is 7.84. The van der Waals surface area contributed by atoms with Gasteiger partial charge in [0.25, 0.3) is 0 Å². The Labute approximate surface area is 248 Å². The second kappa shape index (κ2) is 12.0. The SMILES string of the molecule is C=C/C(=c1/cccc/c1=C/C)N(C)c1ccc(-c2ccc(N(c3ccccc3)c3cccc4ccccc34)cc2)cc1. The summed E-state index contributed by atoms with van der Waals surface area (Å²) in [5.74, 6) is 0. The molecule has 0 atom stereocenters. The molecule has 0 fully saturated rings. The number of anilines is 4. The monoisotopic (exact) mass is 542 g/mol. The Bertz CT molecular complexity index is 1950. The molecule has 0 unspecified atom stereocenters. The molecular formula is C40H34N2. The summed E-state index contributed by atoms with van der Waals surface area (Å²) in [6.45, 7) is 6.18. The van der Waals surface area contributed by atoms with Gasteiger partial charge in [0.15, 0.2) is 0 Å². The van der Waals surface area contributed by atoms with Crippen LogP contribution in [0.1, 0.15) is 6.92 Å². The van der Waals surface area contributed by atoms with Crippen LogP contribution >= 0.6 is 0 Å². The fourth-order valence-corrected chi connectivity index (χ4v) is 5.64. The molecule has 2 heteroatoms. The van der Waals surface area contributed by atoms with Gasteiger partial charge in [-0.25, -0.2) is 0 Å². The number of nitrogens with zero attached hydrogens (tertiary/aromatic N) is 2. The Morgan fingerprint density at radius 1 is 0.571 bits per heavy atom. The van der Waals surface area contributed by atoms with Gasteiger partial charge in [-0.1, -0.05) is 116 Å². The van der Waals surface area contributed by atoms with Crippen LogP contribution in [0.5, 0.6) is 0 Å². The predicted molar refractivity (Wildman–Crippen MR) is 182 cm³/mol. The molecule has 6 aromatic rings. The van der Waals surface area contributed by atoms with Gasteiger partial charge in [-0.2, -0.15) is 0 Å². The number of benzene rings is 6. The summed E-state index contributed by atoms with van der Waals surface area (Å²) in [5, 5.41) is 4.82. The van der Waals surface area contributed by atoms with Gasteiger partial charge in [-0.15, -0.1) is 0 Å². The number of likely N-dealkylation sites (N-methyl/N-ethyl adjacent to an activating group) is 1. The number of hydrogen-bond donors (Lipinski definition) is 0. The molecule has 42 heavy (non-hydrogen) atoms. The number of fused-ring (bicyclic) bond motifs is 1. The largest absolute Gasteiger partial charge is 0.344 e. The first-order chi connectivity index (χ1) is 20.7. The van der Waals surface area contributed by atoms with Crippen LogP contribution in [0.2, 0.25) is 0 Å². The van der Waals surface area contributed by atoms with E-state index >= 15 is 0 Å². The zero-order valence-electron chi connectivity index (χ0n) is 24.1. The third-order valence-electron chi connectivity index (χ3n) is 7.84. The van der Waals surface area contributed by atoms with Crippen LogP contribution in [0.15, 0.2) is 158 Å². The Morgan fingerprint density at radius 2 is 1.14 bits per heavy atom. The normalized spacial score (nSPS) is 12.2. The van der Waals surface area contributed by atoms with Gasteiger partial charge in [-0.05, 0) is 77.2 Å². The molecule has 0 heterocycles. The minimum atomic E-state index is 1.08. The molecule has 0 amide bonds. The average Bonchev–Trinajstić information content (AvgIpc) is 3.06. The lowest BCUT2D eigenvalue weighted by Gasteiger charge is -2.27. The fraction of sp³-hybridized carbons (Fsp3) is 0.0500. The predicted octanol–water partition coefficient (Wildman–Crippen LogP) is 9.21. The van der Waals surface area contributed by atoms with Gasteiger partial charge in [0.1, 0.15) is 0 Å². The van der Waals surface area contributed by atoms with E-state index in [0.717, 1.165) is 28.4 Å². The lowest BCUT2D eigenvalue weighted by atomic mass is 10.0. The van der Waals surface area contributed by atoms with Crippen molar-refractivity contribution < 1.29 is 0 Å². The first-order valence-corrected chi connectivity index (χ1v) is 14.3. The van der Waals surface area contributed by atoms with E-state index in [9.17, 15) is 0 Å². The molecule has 6 aromatic carbocycles. The van der Waals surface area contributed by atoms with Crippen molar-refractivity contribution >= 4 is 45.3 Å². The molecule has 0 spiro atoms. The van der Waals surface area contributed by atoms with Crippen LogP contribution in [0.3, 0.4) is 0 Å². The Kier molecular flexibility index (Phi) is 7.70. The van der Waals surface area contributed by atoms with Gasteiger partial charge in [0.05, 0.1) is 5.69 Å². The maximum atomic E-state index is 4.11. The van der Waals surface area contributed by atoms with Crippen molar-refractivity contribution in [2.75, 3.05) is 16.8 Å². The maximum absolute atomic E-state index is 4.11. The van der Waals surface area contributed by atoms with E-state index in [1.807, 2.05) is 6.08 Å². The highest BCUT2D eigenvalue weighted by Crippen LogP contribution is 2.39. The van der Waals surface area contributed by atoms with Crippen LogP contribution in [-0.4, -0.2) is 7.05 Å². The summed E-state index contributed by atoms with van der Waals surface area (Å²) < 4.78 is 0. The lowest BCUT2D eigenvalue weighted by molar-refractivity contribution is 1.21. The minimum Gasteiger partial charge on any atom is -0.344 e. The van der Waals surface area contributed by atoms with E-state index in [1.54, 1.807) is 0 Å².